The van der Waals surface area contributed by atoms with E-state index in [4.69, 9.17) is 10.1 Å². The van der Waals surface area contributed by atoms with Crippen LogP contribution in [0.5, 0.6) is 0 Å². The number of pyridine rings is 1. The fourth-order valence-electron chi connectivity index (χ4n) is 7.48. The molecule has 9 rings (SSSR count). The number of nitrogens with zero attached hydrogens (tertiary/aromatic N) is 5. The van der Waals surface area contributed by atoms with Crippen LogP contribution in [-0.4, -0.2) is 23.9 Å². The van der Waals surface area contributed by atoms with Gasteiger partial charge in [-0.05, 0) is 69.3 Å². The molecule has 6 heteroatoms. The van der Waals surface area contributed by atoms with Crippen molar-refractivity contribution >= 4 is 43.6 Å². The first-order chi connectivity index (χ1) is 24.0. The zero-order valence-electron chi connectivity index (χ0n) is 28.3. The van der Waals surface area contributed by atoms with Crippen LogP contribution in [0.3, 0.4) is 0 Å². The Balaban J connectivity index is 0.00000361. The third-order valence-electron chi connectivity index (χ3n) is 9.73. The van der Waals surface area contributed by atoms with Crippen molar-refractivity contribution in [3.63, 3.8) is 0 Å². The van der Waals surface area contributed by atoms with Crippen LogP contribution in [0.2, 0.25) is 0 Å². The summed E-state index contributed by atoms with van der Waals surface area (Å²) in [5, 5.41) is 9.54. The van der Waals surface area contributed by atoms with Crippen molar-refractivity contribution in [2.45, 2.75) is 39.5 Å². The van der Waals surface area contributed by atoms with Crippen molar-refractivity contribution in [1.82, 2.24) is 23.9 Å². The summed E-state index contributed by atoms with van der Waals surface area (Å²) in [6.45, 7) is 9.04. The molecule has 0 N–H and O–H groups in total. The molecule has 0 fully saturated rings. The van der Waals surface area contributed by atoms with Gasteiger partial charge in [-0.25, -0.2) is 4.98 Å². The van der Waals surface area contributed by atoms with E-state index in [1.54, 1.807) is 0 Å². The Morgan fingerprint density at radius 1 is 0.580 bits per heavy atom. The molecule has 0 radical (unpaired) electrons. The Hall–Kier alpha value is -5.25. The predicted molar refractivity (Wildman–Crippen MR) is 201 cm³/mol. The third kappa shape index (κ3) is 5.03. The molecular weight excluding hydrogens is 794 g/mol. The molecule has 50 heavy (non-hydrogen) atoms. The average Bonchev–Trinajstić information content (AvgIpc) is 3.84. The van der Waals surface area contributed by atoms with E-state index in [9.17, 15) is 0 Å². The van der Waals surface area contributed by atoms with Gasteiger partial charge < -0.3 is 9.13 Å². The number of para-hydroxylation sites is 2. The Morgan fingerprint density at radius 3 is 1.84 bits per heavy atom. The van der Waals surface area contributed by atoms with Gasteiger partial charge >= 0.3 is 21.1 Å². The van der Waals surface area contributed by atoms with Gasteiger partial charge in [-0.1, -0.05) is 105 Å². The smallest absolute Gasteiger partial charge is 0.358 e. The average molecular weight is 829 g/mol. The number of fused-ring (bicyclic) bond motifs is 6. The molecule has 0 spiro atoms. The Morgan fingerprint density at radius 2 is 1.18 bits per heavy atom. The van der Waals surface area contributed by atoms with Crippen LogP contribution in [0.25, 0.3) is 71.9 Å². The summed E-state index contributed by atoms with van der Waals surface area (Å²) in [6, 6.07) is 46.1. The van der Waals surface area contributed by atoms with Crippen molar-refractivity contribution < 1.29 is 21.1 Å². The fourth-order valence-corrected chi connectivity index (χ4v) is 7.48. The minimum atomic E-state index is 0. The van der Waals surface area contributed by atoms with Crippen LogP contribution < -0.4 is 0 Å². The minimum absolute atomic E-state index is 0. The van der Waals surface area contributed by atoms with Crippen molar-refractivity contribution in [3.8, 4) is 28.3 Å². The molecule has 0 aliphatic carbocycles. The van der Waals surface area contributed by atoms with Gasteiger partial charge in [-0.15, -0.1) is 35.0 Å². The number of hydrogen-bond donors (Lipinski definition) is 0. The molecule has 0 saturated heterocycles. The van der Waals surface area contributed by atoms with Crippen LogP contribution in [0.4, 0.5) is 0 Å². The Bertz CT molecular complexity index is 2650. The van der Waals surface area contributed by atoms with E-state index in [0.717, 1.165) is 55.6 Å². The first-order valence-electron chi connectivity index (χ1n) is 17.0. The predicted octanol–water partition coefficient (Wildman–Crippen LogP) is 11.0. The molecule has 0 amide bonds. The maximum Gasteiger partial charge on any atom is 2.00 e. The van der Waals surface area contributed by atoms with Crippen molar-refractivity contribution in [2.75, 3.05) is 0 Å². The molecule has 4 heterocycles. The summed E-state index contributed by atoms with van der Waals surface area (Å²) in [6.07, 6.45) is 5.99. The number of aromatic nitrogens is 5. The van der Waals surface area contributed by atoms with Crippen molar-refractivity contribution in [1.29, 1.82) is 0 Å². The van der Waals surface area contributed by atoms with E-state index < -0.39 is 0 Å². The molecule has 4 aromatic heterocycles. The van der Waals surface area contributed by atoms with Crippen LogP contribution >= 0.6 is 0 Å². The molecule has 0 atom stereocenters. The normalized spacial score (nSPS) is 11.8. The molecule has 5 aromatic carbocycles. The van der Waals surface area contributed by atoms with E-state index in [1.165, 1.54) is 27.5 Å². The maximum atomic E-state index is 4.88. The summed E-state index contributed by atoms with van der Waals surface area (Å²) < 4.78 is 6.45. The van der Waals surface area contributed by atoms with Gasteiger partial charge in [0.1, 0.15) is 5.82 Å². The monoisotopic (exact) mass is 828 g/mol. The first kappa shape index (κ1) is 32.0. The van der Waals surface area contributed by atoms with Gasteiger partial charge in [0, 0.05) is 29.0 Å². The van der Waals surface area contributed by atoms with Crippen LogP contribution in [0.1, 0.15) is 50.7 Å². The standard InChI is InChI=1S/C44H35N5.Pt/c1-28(2)33-17-12-18-34(29(3)4)44(33)30-26-46-47(27-30)31-13-11-14-32(23-31)48-39-19-7-5-15-35(39)37-24-38-36-16-6-8-20-40(36)49(42(38)25-41(37)48)43-21-9-10-22-45-43;/h5-22,24,26-29H,1-4H3;/q-2;+2. The second-order valence-corrected chi connectivity index (χ2v) is 13.4. The Labute approximate surface area is 306 Å². The summed E-state index contributed by atoms with van der Waals surface area (Å²) in [4.78, 5) is 4.74. The van der Waals surface area contributed by atoms with Gasteiger partial charge in [-0.3, -0.25) is 4.68 Å². The molecule has 246 valence electrons. The van der Waals surface area contributed by atoms with E-state index in [0.29, 0.717) is 11.8 Å². The largest absolute Gasteiger partial charge is 2.00 e. The summed E-state index contributed by atoms with van der Waals surface area (Å²) in [5.41, 5.74) is 11.1. The van der Waals surface area contributed by atoms with Gasteiger partial charge in [0.15, 0.2) is 0 Å². The van der Waals surface area contributed by atoms with Gasteiger partial charge in [0.25, 0.3) is 0 Å². The number of rotatable bonds is 6. The summed E-state index contributed by atoms with van der Waals surface area (Å²) in [7, 11) is 0. The summed E-state index contributed by atoms with van der Waals surface area (Å²) in [5.74, 6) is 1.68. The maximum absolute atomic E-state index is 4.88. The molecule has 0 aliphatic heterocycles. The first-order valence-corrected chi connectivity index (χ1v) is 17.0. The van der Waals surface area contributed by atoms with Crippen molar-refractivity contribution in [3.05, 3.63) is 151 Å². The van der Waals surface area contributed by atoms with Crippen molar-refractivity contribution in [2.24, 2.45) is 0 Å². The van der Waals surface area contributed by atoms with Crippen LogP contribution in [-0.2, 0) is 21.1 Å². The fraction of sp³-hybridized carbons (Fsp3) is 0.136. The van der Waals surface area contributed by atoms with E-state index in [1.807, 2.05) is 29.2 Å². The van der Waals surface area contributed by atoms with Gasteiger partial charge in [0.05, 0.1) is 6.20 Å². The molecular formula is C44H35N5Pt. The number of hydrogen-bond acceptors (Lipinski definition) is 2. The summed E-state index contributed by atoms with van der Waals surface area (Å²) >= 11 is 0. The van der Waals surface area contributed by atoms with E-state index in [2.05, 4.69) is 152 Å². The quantitative estimate of drug-likeness (QED) is 0.157. The molecule has 5 nitrogen and oxygen atoms in total. The molecule has 0 aliphatic rings. The molecule has 9 aromatic rings. The van der Waals surface area contributed by atoms with Gasteiger partial charge in [-0.2, -0.15) is 17.2 Å². The van der Waals surface area contributed by atoms with Crippen LogP contribution in [0, 0.1) is 12.1 Å². The molecule has 0 unspecified atom stereocenters. The molecule has 0 bridgehead atoms. The van der Waals surface area contributed by atoms with Crippen LogP contribution in [0.15, 0.2) is 128 Å². The van der Waals surface area contributed by atoms with E-state index >= 15 is 0 Å². The zero-order valence-corrected chi connectivity index (χ0v) is 30.6. The SMILES string of the molecule is CC(C)c1cccc(C(C)C)c1-c1cnn(-c2[c-]c(-n3c4[c-]c5c(cc4c4ccccc43)c3ccccc3n5-c3ccccn3)ccc2)c1.[Pt+2]. The second kappa shape index (κ2) is 12.6. The minimum Gasteiger partial charge on any atom is -0.358 e. The Kier molecular flexibility index (Phi) is 8.04. The van der Waals surface area contributed by atoms with Gasteiger partial charge in [0.2, 0.25) is 0 Å². The molecule has 0 saturated carbocycles. The topological polar surface area (TPSA) is 40.6 Å². The third-order valence-corrected chi connectivity index (χ3v) is 9.73. The number of benzene rings is 5. The second-order valence-electron chi connectivity index (χ2n) is 13.4. The zero-order chi connectivity index (χ0) is 33.2. The van der Waals surface area contributed by atoms with E-state index in [-0.39, 0.29) is 21.1 Å².